The molecule has 1 amide bonds. The number of hydrogen-bond donors (Lipinski definition) is 0. The van der Waals surface area contributed by atoms with Crippen molar-refractivity contribution in [2.24, 2.45) is 16.8 Å². The Balaban J connectivity index is 1.32. The molecule has 4 aliphatic rings. The largest absolute Gasteiger partial charge is 0.333 e. The number of rotatable bonds is 4. The maximum Gasteiger partial charge on any atom is 0.227 e. The SMILES string of the molecule is CCN1C[C@@H](N2Cc3cc4c(cc3CC2=O)CN=C4c2ccnc(C)c2)[C@H](C2CC2)C1. The van der Waals surface area contributed by atoms with E-state index in [1.807, 2.05) is 19.2 Å². The summed E-state index contributed by atoms with van der Waals surface area (Å²) in [6.07, 6.45) is 5.08. The fourth-order valence-corrected chi connectivity index (χ4v) is 5.90. The normalized spacial score (nSPS) is 25.5. The molecule has 0 bridgehead atoms. The van der Waals surface area contributed by atoms with E-state index in [4.69, 9.17) is 4.99 Å². The van der Waals surface area contributed by atoms with Crippen LogP contribution in [-0.2, 0) is 24.3 Å². The molecule has 4 heterocycles. The molecular weight excluding hydrogens is 384 g/mol. The van der Waals surface area contributed by atoms with Crippen LogP contribution in [0.5, 0.6) is 0 Å². The van der Waals surface area contributed by atoms with Crippen LogP contribution in [0.1, 0.15) is 53.3 Å². The molecule has 6 rings (SSSR count). The summed E-state index contributed by atoms with van der Waals surface area (Å²) in [4.78, 5) is 27.2. The van der Waals surface area contributed by atoms with Gasteiger partial charge in [0, 0.05) is 48.7 Å². The van der Waals surface area contributed by atoms with Crippen LogP contribution in [0.4, 0.5) is 0 Å². The predicted molar refractivity (Wildman–Crippen MR) is 121 cm³/mol. The topological polar surface area (TPSA) is 48.8 Å². The van der Waals surface area contributed by atoms with Crippen LogP contribution < -0.4 is 0 Å². The average Bonchev–Trinajstić information content (AvgIpc) is 3.39. The van der Waals surface area contributed by atoms with Crippen molar-refractivity contribution in [3.63, 3.8) is 0 Å². The lowest BCUT2D eigenvalue weighted by atomic mass is 9.89. The standard InChI is InChI=1S/C26H30N4O/c1-3-29-14-23(17-4-5-17)24(15-29)30-13-21-10-22-20(9-19(21)11-25(30)31)12-28-26(22)18-6-7-27-16(2)8-18/h6-10,17,23-24H,3-5,11-15H2,1-2H3/t23-,24+/m0/s1. The second-order valence-electron chi connectivity index (χ2n) is 9.75. The number of hydrogen-bond acceptors (Lipinski definition) is 4. The van der Waals surface area contributed by atoms with Crippen molar-refractivity contribution >= 4 is 11.6 Å². The highest BCUT2D eigenvalue weighted by molar-refractivity contribution is 6.15. The number of aliphatic imine (C=N–C) groups is 1. The Labute approximate surface area is 184 Å². The maximum atomic E-state index is 13.2. The third-order valence-electron chi connectivity index (χ3n) is 7.74. The zero-order valence-corrected chi connectivity index (χ0v) is 18.5. The maximum absolute atomic E-state index is 13.2. The highest BCUT2D eigenvalue weighted by Gasteiger charge is 2.46. The third kappa shape index (κ3) is 3.30. The quantitative estimate of drug-likeness (QED) is 0.771. The molecule has 3 aliphatic heterocycles. The first-order chi connectivity index (χ1) is 15.1. The molecule has 1 saturated heterocycles. The second kappa shape index (κ2) is 7.27. The number of benzene rings is 1. The third-order valence-corrected chi connectivity index (χ3v) is 7.74. The van der Waals surface area contributed by atoms with Crippen LogP contribution in [0.25, 0.3) is 0 Å². The van der Waals surface area contributed by atoms with Gasteiger partial charge in [0.1, 0.15) is 0 Å². The number of carbonyl (C=O) groups excluding carboxylic acids is 1. The minimum atomic E-state index is 0.310. The highest BCUT2D eigenvalue weighted by atomic mass is 16.2. The van der Waals surface area contributed by atoms with Crippen LogP contribution >= 0.6 is 0 Å². The Morgan fingerprint density at radius 3 is 2.74 bits per heavy atom. The van der Waals surface area contributed by atoms with Gasteiger partial charge in [-0.2, -0.15) is 0 Å². The first kappa shape index (κ1) is 19.2. The Hall–Kier alpha value is -2.53. The molecule has 5 nitrogen and oxygen atoms in total. The summed E-state index contributed by atoms with van der Waals surface area (Å²) in [6, 6.07) is 9.10. The van der Waals surface area contributed by atoms with Crippen LogP contribution in [0.2, 0.25) is 0 Å². The number of fused-ring (bicyclic) bond motifs is 2. The summed E-state index contributed by atoms with van der Waals surface area (Å²) in [5.74, 6) is 1.78. The Bertz CT molecular complexity index is 1090. The van der Waals surface area contributed by atoms with E-state index in [9.17, 15) is 4.79 Å². The first-order valence-electron chi connectivity index (χ1n) is 11.7. The molecule has 1 aliphatic carbocycles. The first-order valence-corrected chi connectivity index (χ1v) is 11.7. The van der Waals surface area contributed by atoms with E-state index >= 15 is 0 Å². The monoisotopic (exact) mass is 414 g/mol. The van der Waals surface area contributed by atoms with Gasteiger partial charge >= 0.3 is 0 Å². The highest BCUT2D eigenvalue weighted by Crippen LogP contribution is 2.44. The van der Waals surface area contributed by atoms with E-state index in [1.165, 1.54) is 35.1 Å². The summed E-state index contributed by atoms with van der Waals surface area (Å²) in [5, 5.41) is 0. The molecular formula is C26H30N4O. The van der Waals surface area contributed by atoms with Crippen LogP contribution in [-0.4, -0.2) is 52.1 Å². The number of amides is 1. The van der Waals surface area contributed by atoms with Gasteiger partial charge < -0.3 is 9.80 Å². The molecule has 0 N–H and O–H groups in total. The van der Waals surface area contributed by atoms with Gasteiger partial charge in [0.2, 0.25) is 5.91 Å². The molecule has 160 valence electrons. The summed E-state index contributed by atoms with van der Waals surface area (Å²) >= 11 is 0. The molecule has 2 atom stereocenters. The van der Waals surface area contributed by atoms with Crippen molar-refractivity contribution < 1.29 is 4.79 Å². The van der Waals surface area contributed by atoms with E-state index in [0.29, 0.717) is 30.8 Å². The fraction of sp³-hybridized carbons (Fsp3) is 0.500. The molecule has 31 heavy (non-hydrogen) atoms. The molecule has 5 heteroatoms. The van der Waals surface area contributed by atoms with Crippen LogP contribution in [0, 0.1) is 18.8 Å². The average molecular weight is 415 g/mol. The van der Waals surface area contributed by atoms with Crippen molar-refractivity contribution in [1.82, 2.24) is 14.8 Å². The molecule has 1 aromatic heterocycles. The lowest BCUT2D eigenvalue weighted by Gasteiger charge is -2.37. The number of likely N-dealkylation sites (N-methyl/N-ethyl adjacent to an activating group) is 1. The van der Waals surface area contributed by atoms with E-state index in [-0.39, 0.29) is 0 Å². The number of aryl methyl sites for hydroxylation is 1. The zero-order chi connectivity index (χ0) is 21.1. The number of pyridine rings is 1. The van der Waals surface area contributed by atoms with Gasteiger partial charge in [-0.25, -0.2) is 0 Å². The molecule has 2 aromatic rings. The minimum absolute atomic E-state index is 0.310. The van der Waals surface area contributed by atoms with E-state index in [0.717, 1.165) is 49.1 Å². The fourth-order valence-electron chi connectivity index (χ4n) is 5.90. The van der Waals surface area contributed by atoms with Crippen molar-refractivity contribution in [1.29, 1.82) is 0 Å². The second-order valence-corrected chi connectivity index (χ2v) is 9.75. The lowest BCUT2D eigenvalue weighted by Crippen LogP contribution is -2.47. The van der Waals surface area contributed by atoms with Gasteiger partial charge in [-0.05, 0) is 73.0 Å². The molecule has 0 radical (unpaired) electrons. The smallest absolute Gasteiger partial charge is 0.227 e. The van der Waals surface area contributed by atoms with Crippen LogP contribution in [0.3, 0.4) is 0 Å². The van der Waals surface area contributed by atoms with Gasteiger partial charge in [0.05, 0.1) is 18.7 Å². The zero-order valence-electron chi connectivity index (χ0n) is 18.5. The molecule has 0 spiro atoms. The van der Waals surface area contributed by atoms with Crippen LogP contribution in [0.15, 0.2) is 35.5 Å². The lowest BCUT2D eigenvalue weighted by molar-refractivity contribution is -0.135. The molecule has 1 saturated carbocycles. The number of aromatic nitrogens is 1. The Morgan fingerprint density at radius 1 is 1.10 bits per heavy atom. The van der Waals surface area contributed by atoms with E-state index in [1.54, 1.807) is 0 Å². The number of nitrogens with zero attached hydrogens (tertiary/aromatic N) is 4. The Morgan fingerprint density at radius 2 is 1.97 bits per heavy atom. The predicted octanol–water partition coefficient (Wildman–Crippen LogP) is 3.36. The van der Waals surface area contributed by atoms with Gasteiger partial charge in [0.15, 0.2) is 0 Å². The number of carbonyl (C=O) groups is 1. The van der Waals surface area contributed by atoms with Crippen molar-refractivity contribution in [3.8, 4) is 0 Å². The van der Waals surface area contributed by atoms with Gasteiger partial charge in [-0.15, -0.1) is 0 Å². The van der Waals surface area contributed by atoms with Gasteiger partial charge in [0.25, 0.3) is 0 Å². The Kier molecular flexibility index (Phi) is 4.49. The number of likely N-dealkylation sites (tertiary alicyclic amines) is 1. The van der Waals surface area contributed by atoms with Gasteiger partial charge in [-0.1, -0.05) is 13.0 Å². The summed E-state index contributed by atoms with van der Waals surface area (Å²) in [7, 11) is 0. The summed E-state index contributed by atoms with van der Waals surface area (Å²) in [6.45, 7) is 8.98. The van der Waals surface area contributed by atoms with Gasteiger partial charge in [-0.3, -0.25) is 14.8 Å². The van der Waals surface area contributed by atoms with E-state index < -0.39 is 0 Å². The molecule has 0 unspecified atom stereocenters. The van der Waals surface area contributed by atoms with E-state index in [2.05, 4.69) is 39.9 Å². The van der Waals surface area contributed by atoms with Crippen molar-refractivity contribution in [2.75, 3.05) is 19.6 Å². The molecule has 2 fully saturated rings. The molecule has 1 aromatic carbocycles. The van der Waals surface area contributed by atoms with Crippen molar-refractivity contribution in [3.05, 3.63) is 64.0 Å². The van der Waals surface area contributed by atoms with Crippen molar-refractivity contribution in [2.45, 2.75) is 52.2 Å². The summed E-state index contributed by atoms with van der Waals surface area (Å²) < 4.78 is 0. The summed E-state index contributed by atoms with van der Waals surface area (Å²) in [5.41, 5.74) is 8.21. The minimum Gasteiger partial charge on any atom is -0.333 e.